The number of nitrogens with one attached hydrogen (secondary N) is 1. The van der Waals surface area contributed by atoms with Gasteiger partial charge in [-0.05, 0) is 69.3 Å². The maximum absolute atomic E-state index is 14.0. The largest absolute Gasteiger partial charge is 0.497 e. The van der Waals surface area contributed by atoms with E-state index in [1.165, 1.54) is 6.07 Å². The summed E-state index contributed by atoms with van der Waals surface area (Å²) in [5.41, 5.74) is 0.631. The smallest absolute Gasteiger partial charge is 0.223 e. The molecule has 1 saturated heterocycles. The van der Waals surface area contributed by atoms with Gasteiger partial charge in [0, 0.05) is 23.0 Å². The van der Waals surface area contributed by atoms with E-state index in [1.54, 1.807) is 19.2 Å². The number of piperidine rings is 1. The Kier molecular flexibility index (Phi) is 7.94. The number of amides is 1. The average molecular weight is 435 g/mol. The highest BCUT2D eigenvalue weighted by atomic mass is 35.5. The van der Waals surface area contributed by atoms with Gasteiger partial charge >= 0.3 is 0 Å². The van der Waals surface area contributed by atoms with Crippen molar-refractivity contribution < 1.29 is 18.7 Å². The Bertz CT molecular complexity index is 839. The monoisotopic (exact) mass is 434 g/mol. The number of carbonyl (C=O) groups excluding carboxylic acids is 1. The molecule has 1 aliphatic rings. The Balaban J connectivity index is 1.39. The number of likely N-dealkylation sites (tertiary alicyclic amines) is 1. The summed E-state index contributed by atoms with van der Waals surface area (Å²) < 4.78 is 24.9. The molecular weight excluding hydrogens is 407 g/mol. The summed E-state index contributed by atoms with van der Waals surface area (Å²) in [6, 6.07) is 12.0. The Morgan fingerprint density at radius 1 is 1.20 bits per heavy atom. The van der Waals surface area contributed by atoms with Crippen molar-refractivity contribution in [1.82, 2.24) is 10.2 Å². The van der Waals surface area contributed by atoms with Gasteiger partial charge in [0.1, 0.15) is 23.9 Å². The topological polar surface area (TPSA) is 50.8 Å². The van der Waals surface area contributed by atoms with Crippen LogP contribution in [0, 0.1) is 11.7 Å². The van der Waals surface area contributed by atoms with E-state index >= 15 is 0 Å². The summed E-state index contributed by atoms with van der Waals surface area (Å²) in [7, 11) is 1.62. The molecule has 3 rings (SSSR count). The zero-order valence-corrected chi connectivity index (χ0v) is 18.1. The Labute approximate surface area is 182 Å². The van der Waals surface area contributed by atoms with Gasteiger partial charge < -0.3 is 14.8 Å². The molecule has 2 aromatic rings. The second kappa shape index (κ2) is 10.6. The first kappa shape index (κ1) is 22.4. The number of methoxy groups -OCH3 is 1. The molecule has 1 atom stereocenters. The van der Waals surface area contributed by atoms with Crippen LogP contribution < -0.4 is 14.8 Å². The molecule has 5 nitrogen and oxygen atoms in total. The lowest BCUT2D eigenvalue weighted by Crippen LogP contribution is -2.44. The Morgan fingerprint density at radius 2 is 1.87 bits per heavy atom. The molecule has 1 N–H and O–H groups in total. The molecule has 0 aliphatic carbocycles. The molecule has 0 unspecified atom stereocenters. The van der Waals surface area contributed by atoms with Crippen LogP contribution in [0.3, 0.4) is 0 Å². The summed E-state index contributed by atoms with van der Waals surface area (Å²) in [5, 5.41) is 3.44. The van der Waals surface area contributed by atoms with Gasteiger partial charge in [0.05, 0.1) is 13.2 Å². The molecule has 0 spiro atoms. The minimum absolute atomic E-state index is 0.0280. The number of hydrogen-bond acceptors (Lipinski definition) is 4. The van der Waals surface area contributed by atoms with Gasteiger partial charge in [-0.1, -0.05) is 17.7 Å². The number of benzene rings is 2. The van der Waals surface area contributed by atoms with Crippen molar-refractivity contribution in [3.63, 3.8) is 0 Å². The first-order valence-electron chi connectivity index (χ1n) is 10.2. The van der Waals surface area contributed by atoms with Crippen LogP contribution in [0.5, 0.6) is 11.5 Å². The van der Waals surface area contributed by atoms with Gasteiger partial charge in [-0.2, -0.15) is 0 Å². The van der Waals surface area contributed by atoms with E-state index in [4.69, 9.17) is 21.1 Å². The third-order valence-corrected chi connectivity index (χ3v) is 5.55. The lowest BCUT2D eigenvalue weighted by atomic mass is 9.95. The van der Waals surface area contributed by atoms with Crippen molar-refractivity contribution in [3.05, 3.63) is 58.9 Å². The van der Waals surface area contributed by atoms with Gasteiger partial charge in [-0.25, -0.2) is 4.39 Å². The first-order chi connectivity index (χ1) is 14.4. The third-order valence-electron chi connectivity index (χ3n) is 5.32. The molecule has 2 aromatic carbocycles. The SMILES string of the molecule is COc1ccc(OC[C@@H](C)NC(=O)C2CCN(Cc3ccc(Cl)cc3F)CC2)cc1. The second-order valence-electron chi connectivity index (χ2n) is 7.68. The van der Waals surface area contributed by atoms with Crippen LogP contribution in [0.1, 0.15) is 25.3 Å². The lowest BCUT2D eigenvalue weighted by Gasteiger charge is -2.32. The third kappa shape index (κ3) is 6.34. The van der Waals surface area contributed by atoms with E-state index in [0.717, 1.165) is 37.4 Å². The molecular formula is C23H28ClFN2O3. The van der Waals surface area contributed by atoms with Gasteiger partial charge in [0.25, 0.3) is 0 Å². The summed E-state index contributed by atoms with van der Waals surface area (Å²) in [4.78, 5) is 14.8. The number of ether oxygens (including phenoxy) is 2. The zero-order valence-electron chi connectivity index (χ0n) is 17.4. The summed E-state index contributed by atoms with van der Waals surface area (Å²) in [6.07, 6.45) is 1.51. The van der Waals surface area contributed by atoms with Crippen LogP contribution in [0.4, 0.5) is 4.39 Å². The van der Waals surface area contributed by atoms with E-state index in [0.29, 0.717) is 23.7 Å². The highest BCUT2D eigenvalue weighted by Gasteiger charge is 2.26. The fourth-order valence-electron chi connectivity index (χ4n) is 3.54. The maximum Gasteiger partial charge on any atom is 0.223 e. The average Bonchev–Trinajstić information content (AvgIpc) is 2.75. The molecule has 1 heterocycles. The van der Waals surface area contributed by atoms with Crippen molar-refractivity contribution in [2.24, 2.45) is 5.92 Å². The summed E-state index contributed by atoms with van der Waals surface area (Å²) >= 11 is 5.81. The van der Waals surface area contributed by atoms with Crippen molar-refractivity contribution in [2.45, 2.75) is 32.4 Å². The minimum Gasteiger partial charge on any atom is -0.497 e. The van der Waals surface area contributed by atoms with Gasteiger partial charge in [0.2, 0.25) is 5.91 Å². The molecule has 0 aromatic heterocycles. The van der Waals surface area contributed by atoms with Crippen LogP contribution in [0.2, 0.25) is 5.02 Å². The van der Waals surface area contributed by atoms with Crippen molar-refractivity contribution in [3.8, 4) is 11.5 Å². The number of rotatable bonds is 8. The van der Waals surface area contributed by atoms with E-state index in [-0.39, 0.29) is 23.7 Å². The number of carbonyl (C=O) groups is 1. The fraction of sp³-hybridized carbons (Fsp3) is 0.435. The van der Waals surface area contributed by atoms with E-state index in [9.17, 15) is 9.18 Å². The molecule has 0 bridgehead atoms. The molecule has 7 heteroatoms. The molecule has 0 saturated carbocycles. The fourth-order valence-corrected chi connectivity index (χ4v) is 3.70. The van der Waals surface area contributed by atoms with Crippen molar-refractivity contribution >= 4 is 17.5 Å². The highest BCUT2D eigenvalue weighted by Crippen LogP contribution is 2.22. The van der Waals surface area contributed by atoms with Crippen molar-refractivity contribution in [2.75, 3.05) is 26.8 Å². The molecule has 1 aliphatic heterocycles. The van der Waals surface area contributed by atoms with Crippen molar-refractivity contribution in [1.29, 1.82) is 0 Å². The quantitative estimate of drug-likeness (QED) is 0.673. The lowest BCUT2D eigenvalue weighted by molar-refractivity contribution is -0.127. The summed E-state index contributed by atoms with van der Waals surface area (Å²) in [5.74, 6) is 1.25. The molecule has 0 radical (unpaired) electrons. The van der Waals surface area contributed by atoms with E-state index in [2.05, 4.69) is 10.2 Å². The molecule has 1 fully saturated rings. The van der Waals surface area contributed by atoms with E-state index < -0.39 is 0 Å². The predicted octanol–water partition coefficient (Wildman–Crippen LogP) is 4.28. The van der Waals surface area contributed by atoms with Crippen LogP contribution in [0.25, 0.3) is 0 Å². The normalized spacial score (nSPS) is 16.1. The second-order valence-corrected chi connectivity index (χ2v) is 8.12. The van der Waals surface area contributed by atoms with Gasteiger partial charge in [-0.15, -0.1) is 0 Å². The standard InChI is InChI=1S/C23H28ClFN2O3/c1-16(15-30-21-7-5-20(29-2)6-8-21)26-23(28)17-9-11-27(12-10-17)14-18-3-4-19(24)13-22(18)25/h3-8,13,16-17H,9-12,14-15H2,1-2H3,(H,26,28)/t16-/m1/s1. The number of halogens is 2. The van der Waals surface area contributed by atoms with Crippen LogP contribution in [0.15, 0.2) is 42.5 Å². The number of nitrogens with zero attached hydrogens (tertiary/aromatic N) is 1. The van der Waals surface area contributed by atoms with Crippen LogP contribution >= 0.6 is 11.6 Å². The molecule has 1 amide bonds. The molecule has 162 valence electrons. The van der Waals surface area contributed by atoms with E-state index in [1.807, 2.05) is 31.2 Å². The van der Waals surface area contributed by atoms with Gasteiger partial charge in [-0.3, -0.25) is 9.69 Å². The Hall–Kier alpha value is -2.31. The van der Waals surface area contributed by atoms with Crippen LogP contribution in [-0.2, 0) is 11.3 Å². The maximum atomic E-state index is 14.0. The highest BCUT2D eigenvalue weighted by molar-refractivity contribution is 6.30. The van der Waals surface area contributed by atoms with Crippen LogP contribution in [-0.4, -0.2) is 43.7 Å². The first-order valence-corrected chi connectivity index (χ1v) is 10.6. The molecule has 30 heavy (non-hydrogen) atoms. The number of hydrogen-bond donors (Lipinski definition) is 1. The van der Waals surface area contributed by atoms with Gasteiger partial charge in [0.15, 0.2) is 0 Å². The Morgan fingerprint density at radius 3 is 2.50 bits per heavy atom. The predicted molar refractivity (Wildman–Crippen MR) is 116 cm³/mol. The summed E-state index contributed by atoms with van der Waals surface area (Å²) in [6.45, 7) is 4.38. The zero-order chi connectivity index (χ0) is 21.5. The minimum atomic E-state index is -0.284.